The molecule has 0 atom stereocenters. The number of rotatable bonds is 6. The fourth-order valence-electron chi connectivity index (χ4n) is 1.81. The van der Waals surface area contributed by atoms with Gasteiger partial charge in [0.15, 0.2) is 5.96 Å². The minimum atomic E-state index is 0. The van der Waals surface area contributed by atoms with E-state index in [4.69, 9.17) is 0 Å². The first-order chi connectivity index (χ1) is 9.11. The predicted octanol–water partition coefficient (Wildman–Crippen LogP) is 2.31. The molecule has 0 amide bonds. The van der Waals surface area contributed by atoms with E-state index in [0.717, 1.165) is 25.6 Å². The van der Waals surface area contributed by atoms with Gasteiger partial charge >= 0.3 is 0 Å². The number of guanidine groups is 1. The van der Waals surface area contributed by atoms with Crippen LogP contribution in [0.4, 0.5) is 0 Å². The smallest absolute Gasteiger partial charge is 0.191 e. The number of hydrogen-bond acceptors (Lipinski definition) is 2. The van der Waals surface area contributed by atoms with Gasteiger partial charge in [-0.3, -0.25) is 4.99 Å². The van der Waals surface area contributed by atoms with Crippen LogP contribution in [0.5, 0.6) is 0 Å². The van der Waals surface area contributed by atoms with E-state index in [1.165, 1.54) is 5.56 Å². The molecule has 0 heterocycles. The van der Waals surface area contributed by atoms with E-state index in [1.54, 1.807) is 7.05 Å². The van der Waals surface area contributed by atoms with E-state index in [2.05, 4.69) is 65.7 Å². The monoisotopic (exact) mass is 390 g/mol. The quantitative estimate of drug-likeness (QED) is 0.445. The third-order valence-corrected chi connectivity index (χ3v) is 2.73. The van der Waals surface area contributed by atoms with Crippen LogP contribution in [0.3, 0.4) is 0 Å². The Kier molecular flexibility index (Phi) is 10.5. The van der Waals surface area contributed by atoms with Gasteiger partial charge in [0.1, 0.15) is 0 Å². The Morgan fingerprint density at radius 1 is 1.25 bits per heavy atom. The van der Waals surface area contributed by atoms with Gasteiger partial charge in [0, 0.05) is 32.7 Å². The molecule has 0 aliphatic carbocycles. The highest BCUT2D eigenvalue weighted by molar-refractivity contribution is 14.0. The van der Waals surface area contributed by atoms with Gasteiger partial charge in [-0.05, 0) is 26.5 Å². The number of halogens is 1. The molecule has 1 aromatic carbocycles. The largest absolute Gasteiger partial charge is 0.355 e. The van der Waals surface area contributed by atoms with Crippen LogP contribution < -0.4 is 10.6 Å². The third-order valence-electron chi connectivity index (χ3n) is 2.73. The van der Waals surface area contributed by atoms with E-state index >= 15 is 0 Å². The molecule has 0 saturated heterocycles. The average molecular weight is 390 g/mol. The zero-order valence-electron chi connectivity index (χ0n) is 12.9. The molecule has 0 unspecified atom stereocenters. The first-order valence-corrected chi connectivity index (χ1v) is 6.81. The Labute approximate surface area is 140 Å². The number of aliphatic imine (C=N–C) groups is 1. The average Bonchev–Trinajstić information content (AvgIpc) is 2.38. The lowest BCUT2D eigenvalue weighted by Gasteiger charge is -2.19. The van der Waals surface area contributed by atoms with Crippen molar-refractivity contribution in [2.75, 3.05) is 27.2 Å². The minimum absolute atomic E-state index is 0. The Morgan fingerprint density at radius 3 is 2.45 bits per heavy atom. The molecule has 0 saturated carbocycles. The summed E-state index contributed by atoms with van der Waals surface area (Å²) in [4.78, 5) is 6.48. The Balaban J connectivity index is 0.00000361. The van der Waals surface area contributed by atoms with Crippen molar-refractivity contribution in [1.29, 1.82) is 0 Å². The SMILES string of the molecule is CN=C(NCCN(C)Cc1ccccc1)NC(C)C.I. The summed E-state index contributed by atoms with van der Waals surface area (Å²) in [6.07, 6.45) is 0. The molecule has 0 aliphatic heterocycles. The second-order valence-corrected chi connectivity index (χ2v) is 5.02. The molecular formula is C15H27IN4. The van der Waals surface area contributed by atoms with Crippen molar-refractivity contribution >= 4 is 29.9 Å². The number of hydrogen-bond donors (Lipinski definition) is 2. The Morgan fingerprint density at radius 2 is 1.90 bits per heavy atom. The molecule has 0 radical (unpaired) electrons. The molecule has 20 heavy (non-hydrogen) atoms. The molecule has 1 aromatic rings. The zero-order chi connectivity index (χ0) is 14.1. The van der Waals surface area contributed by atoms with Crippen LogP contribution in [0, 0.1) is 0 Å². The van der Waals surface area contributed by atoms with Crippen LogP contribution in [0.15, 0.2) is 35.3 Å². The normalized spacial score (nSPS) is 11.4. The topological polar surface area (TPSA) is 39.7 Å². The molecule has 0 aromatic heterocycles. The molecule has 4 nitrogen and oxygen atoms in total. The van der Waals surface area contributed by atoms with Crippen LogP contribution in [0.1, 0.15) is 19.4 Å². The van der Waals surface area contributed by atoms with Crippen LogP contribution in [-0.4, -0.2) is 44.1 Å². The maximum atomic E-state index is 4.18. The van der Waals surface area contributed by atoms with E-state index in [1.807, 2.05) is 6.07 Å². The van der Waals surface area contributed by atoms with Crippen LogP contribution in [0.2, 0.25) is 0 Å². The lowest BCUT2D eigenvalue weighted by atomic mass is 10.2. The number of nitrogens with one attached hydrogen (secondary N) is 2. The maximum absolute atomic E-state index is 4.18. The fraction of sp³-hybridized carbons (Fsp3) is 0.533. The zero-order valence-corrected chi connectivity index (χ0v) is 15.2. The van der Waals surface area contributed by atoms with Gasteiger partial charge in [-0.25, -0.2) is 0 Å². The van der Waals surface area contributed by atoms with Crippen LogP contribution in [-0.2, 0) is 6.54 Å². The van der Waals surface area contributed by atoms with Crippen molar-refractivity contribution in [1.82, 2.24) is 15.5 Å². The van der Waals surface area contributed by atoms with Gasteiger partial charge in [0.2, 0.25) is 0 Å². The fourth-order valence-corrected chi connectivity index (χ4v) is 1.81. The summed E-state index contributed by atoms with van der Waals surface area (Å²) in [6, 6.07) is 10.9. The maximum Gasteiger partial charge on any atom is 0.191 e. The van der Waals surface area contributed by atoms with Gasteiger partial charge in [0.25, 0.3) is 0 Å². The van der Waals surface area contributed by atoms with E-state index in [9.17, 15) is 0 Å². The summed E-state index contributed by atoms with van der Waals surface area (Å²) in [7, 11) is 3.93. The van der Waals surface area contributed by atoms with Crippen molar-refractivity contribution in [2.24, 2.45) is 4.99 Å². The van der Waals surface area contributed by atoms with Gasteiger partial charge in [-0.15, -0.1) is 24.0 Å². The first-order valence-electron chi connectivity index (χ1n) is 6.81. The van der Waals surface area contributed by atoms with Crippen molar-refractivity contribution in [3.05, 3.63) is 35.9 Å². The van der Waals surface area contributed by atoms with Gasteiger partial charge < -0.3 is 15.5 Å². The standard InChI is InChI=1S/C15H26N4.HI/c1-13(2)18-15(16-3)17-10-11-19(4)12-14-8-6-5-7-9-14;/h5-9,13H,10-12H2,1-4H3,(H2,16,17,18);1H. The second-order valence-electron chi connectivity index (χ2n) is 5.02. The summed E-state index contributed by atoms with van der Waals surface area (Å²) >= 11 is 0. The van der Waals surface area contributed by atoms with E-state index in [-0.39, 0.29) is 24.0 Å². The summed E-state index contributed by atoms with van der Waals surface area (Å²) < 4.78 is 0. The molecule has 114 valence electrons. The number of benzene rings is 1. The molecule has 0 bridgehead atoms. The molecule has 0 fully saturated rings. The van der Waals surface area contributed by atoms with Gasteiger partial charge in [0.05, 0.1) is 0 Å². The van der Waals surface area contributed by atoms with E-state index in [0.29, 0.717) is 6.04 Å². The predicted molar refractivity (Wildman–Crippen MR) is 97.8 cm³/mol. The van der Waals surface area contributed by atoms with Crippen molar-refractivity contribution in [2.45, 2.75) is 26.4 Å². The number of likely N-dealkylation sites (N-methyl/N-ethyl adjacent to an activating group) is 1. The minimum Gasteiger partial charge on any atom is -0.355 e. The van der Waals surface area contributed by atoms with Crippen molar-refractivity contribution in [3.8, 4) is 0 Å². The van der Waals surface area contributed by atoms with Crippen LogP contribution in [0.25, 0.3) is 0 Å². The van der Waals surface area contributed by atoms with Crippen LogP contribution >= 0.6 is 24.0 Å². The van der Waals surface area contributed by atoms with Crippen molar-refractivity contribution < 1.29 is 0 Å². The summed E-state index contributed by atoms with van der Waals surface area (Å²) in [5.41, 5.74) is 1.34. The lowest BCUT2D eigenvalue weighted by molar-refractivity contribution is 0.331. The summed E-state index contributed by atoms with van der Waals surface area (Å²) in [5, 5.41) is 6.59. The highest BCUT2D eigenvalue weighted by Gasteiger charge is 2.02. The highest BCUT2D eigenvalue weighted by Crippen LogP contribution is 2.01. The molecule has 0 aliphatic rings. The Bertz CT molecular complexity index is 379. The summed E-state index contributed by atoms with van der Waals surface area (Å²) in [5.74, 6) is 0.864. The number of nitrogens with zero attached hydrogens (tertiary/aromatic N) is 2. The molecule has 2 N–H and O–H groups in total. The molecule has 1 rings (SSSR count). The molecule has 5 heteroatoms. The third kappa shape index (κ3) is 8.37. The summed E-state index contributed by atoms with van der Waals surface area (Å²) in [6.45, 7) is 7.05. The second kappa shape index (κ2) is 10.9. The van der Waals surface area contributed by atoms with Gasteiger partial charge in [-0.2, -0.15) is 0 Å². The molecular weight excluding hydrogens is 363 g/mol. The lowest BCUT2D eigenvalue weighted by Crippen LogP contribution is -2.43. The molecule has 0 spiro atoms. The first kappa shape index (κ1) is 19.2. The highest BCUT2D eigenvalue weighted by atomic mass is 127. The Hall–Kier alpha value is -0.820. The van der Waals surface area contributed by atoms with Crippen molar-refractivity contribution in [3.63, 3.8) is 0 Å². The van der Waals surface area contributed by atoms with Gasteiger partial charge in [-0.1, -0.05) is 30.3 Å². The van der Waals surface area contributed by atoms with E-state index < -0.39 is 0 Å².